The van der Waals surface area contributed by atoms with Crippen molar-refractivity contribution < 1.29 is 17.6 Å². The first-order valence-electron chi connectivity index (χ1n) is 6.02. The van der Waals surface area contributed by atoms with Gasteiger partial charge in [-0.3, -0.25) is 0 Å². The molecule has 0 bridgehead atoms. The zero-order chi connectivity index (χ0) is 14.6. The molecule has 0 amide bonds. The zero-order valence-corrected chi connectivity index (χ0v) is 11.2. The molecule has 1 N–H and O–H groups in total. The molecule has 0 aliphatic rings. The van der Waals surface area contributed by atoms with E-state index in [1.165, 1.54) is 0 Å². The Morgan fingerprint density at radius 3 is 2.37 bits per heavy atom. The Morgan fingerprint density at radius 1 is 1.26 bits per heavy atom. The highest BCUT2D eigenvalue weighted by Crippen LogP contribution is 2.31. The van der Waals surface area contributed by atoms with Crippen molar-refractivity contribution in [3.63, 3.8) is 0 Å². The van der Waals surface area contributed by atoms with Gasteiger partial charge in [0.25, 0.3) is 0 Å². The molecule has 1 aromatic rings. The number of nitrogens with zero attached hydrogens (tertiary/aromatic N) is 1. The summed E-state index contributed by atoms with van der Waals surface area (Å²) >= 11 is 0. The van der Waals surface area contributed by atoms with E-state index < -0.39 is 17.6 Å². The highest BCUT2D eigenvalue weighted by molar-refractivity contribution is 5.46. The van der Waals surface area contributed by atoms with E-state index in [2.05, 4.69) is 10.2 Å². The number of halogens is 4. The third-order valence-electron chi connectivity index (χ3n) is 2.96. The minimum atomic E-state index is -4.52. The van der Waals surface area contributed by atoms with Gasteiger partial charge in [-0.05, 0) is 39.1 Å². The molecular weight excluding hydrogens is 260 g/mol. The Morgan fingerprint density at radius 2 is 1.89 bits per heavy atom. The fourth-order valence-corrected chi connectivity index (χ4v) is 1.46. The van der Waals surface area contributed by atoms with E-state index in [-0.39, 0.29) is 5.69 Å². The predicted molar refractivity (Wildman–Crippen MR) is 67.7 cm³/mol. The second kappa shape index (κ2) is 6.23. The Labute approximate surface area is 110 Å². The van der Waals surface area contributed by atoms with Crippen LogP contribution >= 0.6 is 0 Å². The van der Waals surface area contributed by atoms with Crippen LogP contribution in [0, 0.1) is 5.82 Å². The fourth-order valence-electron chi connectivity index (χ4n) is 1.46. The van der Waals surface area contributed by atoms with E-state index >= 15 is 0 Å². The molecule has 0 aliphatic carbocycles. The monoisotopic (exact) mass is 278 g/mol. The van der Waals surface area contributed by atoms with E-state index in [9.17, 15) is 17.6 Å². The van der Waals surface area contributed by atoms with Crippen molar-refractivity contribution >= 4 is 5.69 Å². The second-order valence-electron chi connectivity index (χ2n) is 4.69. The Kier molecular flexibility index (Phi) is 5.17. The van der Waals surface area contributed by atoms with Crippen LogP contribution in [0.1, 0.15) is 19.4 Å². The summed E-state index contributed by atoms with van der Waals surface area (Å²) in [5.41, 5.74) is -0.889. The van der Waals surface area contributed by atoms with E-state index in [1.54, 1.807) is 0 Å². The standard InChI is InChI=1S/C13H18F4N2/c1-9(2)19(3)7-6-18-12-5-4-10(8-11(12)14)13(15,16)17/h4-5,8-9,18H,6-7H2,1-3H3. The van der Waals surface area contributed by atoms with Crippen molar-refractivity contribution in [2.45, 2.75) is 26.1 Å². The van der Waals surface area contributed by atoms with Crippen LogP contribution in [0.15, 0.2) is 18.2 Å². The third kappa shape index (κ3) is 4.70. The molecule has 0 spiro atoms. The van der Waals surface area contributed by atoms with Crippen molar-refractivity contribution in [1.29, 1.82) is 0 Å². The van der Waals surface area contributed by atoms with Gasteiger partial charge in [0.2, 0.25) is 0 Å². The molecular formula is C13H18F4N2. The number of benzene rings is 1. The smallest absolute Gasteiger partial charge is 0.381 e. The summed E-state index contributed by atoms with van der Waals surface area (Å²) in [5, 5.41) is 2.79. The first kappa shape index (κ1) is 15.8. The molecule has 0 aromatic heterocycles. The largest absolute Gasteiger partial charge is 0.416 e. The van der Waals surface area contributed by atoms with Gasteiger partial charge in [-0.25, -0.2) is 4.39 Å². The van der Waals surface area contributed by atoms with Gasteiger partial charge in [0.1, 0.15) is 5.82 Å². The SMILES string of the molecule is CC(C)N(C)CCNc1ccc(C(F)(F)F)cc1F. The van der Waals surface area contributed by atoms with E-state index in [4.69, 9.17) is 0 Å². The lowest BCUT2D eigenvalue weighted by Crippen LogP contribution is -2.31. The van der Waals surface area contributed by atoms with E-state index in [1.807, 2.05) is 20.9 Å². The van der Waals surface area contributed by atoms with E-state index in [0.29, 0.717) is 25.2 Å². The first-order chi connectivity index (χ1) is 8.71. The van der Waals surface area contributed by atoms with Crippen molar-refractivity contribution in [3.8, 4) is 0 Å². The fraction of sp³-hybridized carbons (Fsp3) is 0.538. The quantitative estimate of drug-likeness (QED) is 0.828. The third-order valence-corrected chi connectivity index (χ3v) is 2.96. The zero-order valence-electron chi connectivity index (χ0n) is 11.2. The molecule has 0 atom stereocenters. The van der Waals surface area contributed by atoms with Gasteiger partial charge in [0, 0.05) is 19.1 Å². The van der Waals surface area contributed by atoms with Crippen LogP contribution in [0.5, 0.6) is 0 Å². The molecule has 0 saturated heterocycles. The molecule has 1 rings (SSSR count). The van der Waals surface area contributed by atoms with Crippen molar-refractivity contribution in [1.82, 2.24) is 4.90 Å². The second-order valence-corrected chi connectivity index (χ2v) is 4.69. The lowest BCUT2D eigenvalue weighted by Gasteiger charge is -2.21. The molecule has 2 nitrogen and oxygen atoms in total. The minimum absolute atomic E-state index is 0.0881. The highest BCUT2D eigenvalue weighted by Gasteiger charge is 2.31. The highest BCUT2D eigenvalue weighted by atomic mass is 19.4. The van der Waals surface area contributed by atoms with Gasteiger partial charge in [-0.2, -0.15) is 13.2 Å². The van der Waals surface area contributed by atoms with Crippen LogP contribution in [0.2, 0.25) is 0 Å². The lowest BCUT2D eigenvalue weighted by molar-refractivity contribution is -0.137. The van der Waals surface area contributed by atoms with Gasteiger partial charge >= 0.3 is 6.18 Å². The van der Waals surface area contributed by atoms with Crippen molar-refractivity contribution in [3.05, 3.63) is 29.6 Å². The molecule has 0 aliphatic heterocycles. The van der Waals surface area contributed by atoms with Crippen LogP contribution in [0.25, 0.3) is 0 Å². The summed E-state index contributed by atoms with van der Waals surface area (Å²) in [7, 11) is 1.93. The maximum Gasteiger partial charge on any atom is 0.416 e. The number of likely N-dealkylation sites (N-methyl/N-ethyl adjacent to an activating group) is 1. The van der Waals surface area contributed by atoms with Crippen molar-refractivity contribution in [2.24, 2.45) is 0 Å². The van der Waals surface area contributed by atoms with Crippen molar-refractivity contribution in [2.75, 3.05) is 25.5 Å². The van der Waals surface area contributed by atoms with E-state index in [0.717, 1.165) is 12.1 Å². The summed E-state index contributed by atoms with van der Waals surface area (Å²) in [4.78, 5) is 2.05. The van der Waals surface area contributed by atoms with Gasteiger partial charge < -0.3 is 10.2 Å². The average Bonchev–Trinajstić information content (AvgIpc) is 2.29. The number of alkyl halides is 3. The van der Waals surface area contributed by atoms with Crippen LogP contribution < -0.4 is 5.32 Å². The summed E-state index contributed by atoms with van der Waals surface area (Å²) in [6.45, 7) is 5.20. The van der Waals surface area contributed by atoms with Crippen LogP contribution in [-0.2, 0) is 6.18 Å². The maximum atomic E-state index is 13.5. The molecule has 0 heterocycles. The number of hydrogen-bond acceptors (Lipinski definition) is 2. The molecule has 108 valence electrons. The van der Waals surface area contributed by atoms with Crippen LogP contribution in [0.4, 0.5) is 23.2 Å². The Balaban J connectivity index is 2.61. The van der Waals surface area contributed by atoms with Gasteiger partial charge in [-0.15, -0.1) is 0 Å². The summed E-state index contributed by atoms with van der Waals surface area (Å²) in [6.07, 6.45) is -4.52. The maximum absolute atomic E-state index is 13.5. The minimum Gasteiger partial charge on any atom is -0.381 e. The summed E-state index contributed by atoms with van der Waals surface area (Å²) < 4.78 is 50.5. The van der Waals surface area contributed by atoms with Crippen LogP contribution in [-0.4, -0.2) is 31.1 Å². The van der Waals surface area contributed by atoms with Gasteiger partial charge in [0.15, 0.2) is 0 Å². The first-order valence-corrected chi connectivity index (χ1v) is 6.02. The van der Waals surface area contributed by atoms with Crippen LogP contribution in [0.3, 0.4) is 0 Å². The Hall–Kier alpha value is -1.30. The van der Waals surface area contributed by atoms with Gasteiger partial charge in [0.05, 0.1) is 11.3 Å². The Bertz CT molecular complexity index is 416. The molecule has 1 aromatic carbocycles. The number of rotatable bonds is 5. The normalized spacial score (nSPS) is 12.3. The molecule has 0 unspecified atom stereocenters. The summed E-state index contributed by atoms with van der Waals surface area (Å²) in [6, 6.07) is 2.86. The number of hydrogen-bond donors (Lipinski definition) is 1. The lowest BCUT2D eigenvalue weighted by atomic mass is 10.2. The molecule has 0 saturated carbocycles. The molecule has 0 radical (unpaired) electrons. The molecule has 0 fully saturated rings. The summed E-state index contributed by atoms with van der Waals surface area (Å²) in [5.74, 6) is -0.887. The van der Waals surface area contributed by atoms with Gasteiger partial charge in [-0.1, -0.05) is 0 Å². The molecule has 19 heavy (non-hydrogen) atoms. The number of nitrogens with one attached hydrogen (secondary N) is 1. The number of anilines is 1. The predicted octanol–water partition coefficient (Wildman–Crippen LogP) is 3.60. The average molecular weight is 278 g/mol. The topological polar surface area (TPSA) is 15.3 Å². The molecule has 6 heteroatoms.